The zero-order valence-electron chi connectivity index (χ0n) is 19.2. The number of hydrogen-bond donors (Lipinski definition) is 1. The van der Waals surface area contributed by atoms with Gasteiger partial charge in [0.1, 0.15) is 10.6 Å². The second kappa shape index (κ2) is 10.7. The Labute approximate surface area is 199 Å². The van der Waals surface area contributed by atoms with Gasteiger partial charge in [0.15, 0.2) is 0 Å². The molecular formula is C23H30N4O6S. The van der Waals surface area contributed by atoms with Gasteiger partial charge in [-0.15, -0.1) is 0 Å². The van der Waals surface area contributed by atoms with E-state index in [0.717, 1.165) is 43.3 Å². The van der Waals surface area contributed by atoms with Gasteiger partial charge in [-0.2, -0.15) is 4.31 Å². The second-order valence-electron chi connectivity index (χ2n) is 8.34. The molecule has 2 heterocycles. The number of methoxy groups -OCH3 is 1. The number of sulfonamides is 1. The molecule has 2 aromatic carbocycles. The zero-order valence-corrected chi connectivity index (χ0v) is 20.0. The standard InChI is InChI=1S/C23H30N4O6S/c1-32-22-7-3-2-6-19(22)21(25-10-4-5-11-25)17-24-20-9-8-18(27(28)29)16-23(20)34(30,31)26-12-14-33-15-13-26/h2-3,6-9,16,21,24H,4-5,10-15,17H2,1H3. The molecule has 0 aliphatic carbocycles. The number of anilines is 1. The van der Waals surface area contributed by atoms with E-state index in [1.165, 1.54) is 16.4 Å². The van der Waals surface area contributed by atoms with Gasteiger partial charge in [-0.25, -0.2) is 8.42 Å². The molecule has 2 aromatic rings. The molecule has 184 valence electrons. The molecule has 0 spiro atoms. The minimum absolute atomic E-state index is 0.0483. The largest absolute Gasteiger partial charge is 0.496 e. The number of nitrogens with one attached hydrogen (secondary N) is 1. The minimum Gasteiger partial charge on any atom is -0.496 e. The second-order valence-corrected chi connectivity index (χ2v) is 10.2. The van der Waals surface area contributed by atoms with E-state index in [-0.39, 0.29) is 29.7 Å². The summed E-state index contributed by atoms with van der Waals surface area (Å²) in [6, 6.07) is 11.7. The predicted octanol–water partition coefficient (Wildman–Crippen LogP) is 2.87. The number of rotatable bonds is 9. The molecule has 0 radical (unpaired) electrons. The van der Waals surface area contributed by atoms with Gasteiger partial charge in [-0.05, 0) is 38.1 Å². The molecule has 0 aromatic heterocycles. The Bertz CT molecular complexity index is 1110. The van der Waals surface area contributed by atoms with E-state index in [0.29, 0.717) is 25.4 Å². The molecule has 2 fully saturated rings. The highest BCUT2D eigenvalue weighted by Gasteiger charge is 2.31. The lowest BCUT2D eigenvalue weighted by Crippen LogP contribution is -2.41. The fourth-order valence-corrected chi connectivity index (χ4v) is 6.14. The minimum atomic E-state index is -3.94. The fraction of sp³-hybridized carbons (Fsp3) is 0.478. The van der Waals surface area contributed by atoms with Crippen molar-refractivity contribution in [2.24, 2.45) is 0 Å². The lowest BCUT2D eigenvalue weighted by atomic mass is 10.0. The molecular weight excluding hydrogens is 460 g/mol. The lowest BCUT2D eigenvalue weighted by Gasteiger charge is -2.30. The molecule has 10 nitrogen and oxygen atoms in total. The molecule has 0 amide bonds. The monoisotopic (exact) mass is 490 g/mol. The van der Waals surface area contributed by atoms with Crippen LogP contribution in [-0.2, 0) is 14.8 Å². The van der Waals surface area contributed by atoms with Crippen molar-refractivity contribution in [1.29, 1.82) is 0 Å². The van der Waals surface area contributed by atoms with Crippen LogP contribution in [0.1, 0.15) is 24.4 Å². The molecule has 11 heteroatoms. The number of hydrogen-bond acceptors (Lipinski definition) is 8. The summed E-state index contributed by atoms with van der Waals surface area (Å²) in [4.78, 5) is 13.1. The van der Waals surface area contributed by atoms with Gasteiger partial charge >= 0.3 is 0 Å². The van der Waals surface area contributed by atoms with Crippen LogP contribution in [0.5, 0.6) is 5.75 Å². The number of ether oxygens (including phenoxy) is 2. The Hall–Kier alpha value is -2.73. The van der Waals surface area contributed by atoms with Crippen molar-refractivity contribution < 1.29 is 22.8 Å². The molecule has 2 aliphatic heterocycles. The Morgan fingerprint density at radius 2 is 1.82 bits per heavy atom. The van der Waals surface area contributed by atoms with Crippen molar-refractivity contribution in [3.05, 3.63) is 58.1 Å². The molecule has 1 unspecified atom stereocenters. The number of non-ortho nitro benzene ring substituents is 1. The molecule has 2 saturated heterocycles. The highest BCUT2D eigenvalue weighted by molar-refractivity contribution is 7.89. The maximum atomic E-state index is 13.4. The maximum Gasteiger partial charge on any atom is 0.270 e. The van der Waals surface area contributed by atoms with Crippen LogP contribution >= 0.6 is 0 Å². The normalized spacial score (nSPS) is 18.5. The summed E-state index contributed by atoms with van der Waals surface area (Å²) in [7, 11) is -2.31. The van der Waals surface area contributed by atoms with E-state index in [1.807, 2.05) is 24.3 Å². The zero-order chi connectivity index (χ0) is 24.1. The highest BCUT2D eigenvalue weighted by atomic mass is 32.2. The molecule has 1 atom stereocenters. The summed E-state index contributed by atoms with van der Waals surface area (Å²) in [6.45, 7) is 3.30. The van der Waals surface area contributed by atoms with Crippen molar-refractivity contribution in [1.82, 2.24) is 9.21 Å². The number of nitro benzene ring substituents is 1. The summed E-state index contributed by atoms with van der Waals surface area (Å²) in [5.41, 5.74) is 1.09. The van der Waals surface area contributed by atoms with Crippen LogP contribution in [0.15, 0.2) is 47.4 Å². The van der Waals surface area contributed by atoms with Gasteiger partial charge in [0.05, 0.1) is 37.0 Å². The first kappa shape index (κ1) is 24.4. The van der Waals surface area contributed by atoms with Gasteiger partial charge in [-0.3, -0.25) is 15.0 Å². The van der Waals surface area contributed by atoms with Gasteiger partial charge in [-0.1, -0.05) is 18.2 Å². The Kier molecular flexibility index (Phi) is 7.67. The van der Waals surface area contributed by atoms with E-state index < -0.39 is 14.9 Å². The molecule has 4 rings (SSSR count). The number of morpholine rings is 1. The van der Waals surface area contributed by atoms with E-state index in [9.17, 15) is 18.5 Å². The number of likely N-dealkylation sites (tertiary alicyclic amines) is 1. The maximum absolute atomic E-state index is 13.4. The van der Waals surface area contributed by atoms with Crippen molar-refractivity contribution in [2.75, 3.05) is 58.4 Å². The predicted molar refractivity (Wildman–Crippen MR) is 128 cm³/mol. The van der Waals surface area contributed by atoms with Crippen LogP contribution in [0, 0.1) is 10.1 Å². The van der Waals surface area contributed by atoms with Crippen LogP contribution in [0.3, 0.4) is 0 Å². The van der Waals surface area contributed by atoms with Crippen LogP contribution in [-0.4, -0.2) is 75.6 Å². The number of nitrogens with zero attached hydrogens (tertiary/aromatic N) is 3. The van der Waals surface area contributed by atoms with E-state index >= 15 is 0 Å². The van der Waals surface area contributed by atoms with Gasteiger partial charge in [0, 0.05) is 37.3 Å². The Morgan fingerprint density at radius 3 is 2.50 bits per heavy atom. The lowest BCUT2D eigenvalue weighted by molar-refractivity contribution is -0.385. The fourth-order valence-electron chi connectivity index (χ4n) is 4.55. The first-order valence-electron chi connectivity index (χ1n) is 11.4. The van der Waals surface area contributed by atoms with Gasteiger partial charge in [0.25, 0.3) is 5.69 Å². The highest BCUT2D eigenvalue weighted by Crippen LogP contribution is 2.34. The van der Waals surface area contributed by atoms with Crippen molar-refractivity contribution in [2.45, 2.75) is 23.8 Å². The third kappa shape index (κ3) is 5.17. The van der Waals surface area contributed by atoms with E-state index in [4.69, 9.17) is 9.47 Å². The summed E-state index contributed by atoms with van der Waals surface area (Å²) in [5, 5.41) is 14.7. The average Bonchev–Trinajstić information content (AvgIpc) is 3.39. The van der Waals surface area contributed by atoms with Crippen molar-refractivity contribution >= 4 is 21.4 Å². The summed E-state index contributed by atoms with van der Waals surface area (Å²) < 4.78 is 39.1. The third-order valence-corrected chi connectivity index (χ3v) is 8.27. The van der Waals surface area contributed by atoms with Crippen LogP contribution in [0.2, 0.25) is 0 Å². The van der Waals surface area contributed by atoms with Crippen molar-refractivity contribution in [3.63, 3.8) is 0 Å². The average molecular weight is 491 g/mol. The van der Waals surface area contributed by atoms with Gasteiger partial charge < -0.3 is 14.8 Å². The third-order valence-electron chi connectivity index (χ3n) is 6.33. The molecule has 2 aliphatic rings. The molecule has 0 saturated carbocycles. The summed E-state index contributed by atoms with van der Waals surface area (Å²) >= 11 is 0. The quantitative estimate of drug-likeness (QED) is 0.422. The number of benzene rings is 2. The van der Waals surface area contributed by atoms with Crippen molar-refractivity contribution in [3.8, 4) is 5.75 Å². The summed E-state index contributed by atoms with van der Waals surface area (Å²) in [5.74, 6) is 0.770. The summed E-state index contributed by atoms with van der Waals surface area (Å²) in [6.07, 6.45) is 2.19. The van der Waals surface area contributed by atoms with Crippen LogP contribution in [0.4, 0.5) is 11.4 Å². The number of para-hydroxylation sites is 1. The van der Waals surface area contributed by atoms with Crippen LogP contribution in [0.25, 0.3) is 0 Å². The van der Waals surface area contributed by atoms with E-state index in [2.05, 4.69) is 10.2 Å². The number of nitro groups is 1. The first-order valence-corrected chi connectivity index (χ1v) is 12.8. The Morgan fingerprint density at radius 1 is 1.12 bits per heavy atom. The first-order chi connectivity index (χ1) is 16.4. The van der Waals surface area contributed by atoms with Crippen LogP contribution < -0.4 is 10.1 Å². The Balaban J connectivity index is 1.67. The topological polar surface area (TPSA) is 114 Å². The molecule has 0 bridgehead atoms. The molecule has 34 heavy (non-hydrogen) atoms. The smallest absolute Gasteiger partial charge is 0.270 e. The SMILES string of the molecule is COc1ccccc1C(CNc1ccc([N+](=O)[O-])cc1S(=O)(=O)N1CCOCC1)N1CCCC1. The van der Waals surface area contributed by atoms with Gasteiger partial charge in [0.2, 0.25) is 10.0 Å². The van der Waals surface area contributed by atoms with E-state index in [1.54, 1.807) is 7.11 Å². The molecule has 1 N–H and O–H groups in total.